The largest absolute Gasteiger partial charge is 0.466 e. The average molecular weight is 1150 g/mol. The van der Waals surface area contributed by atoms with Crippen molar-refractivity contribution in [3.8, 4) is 0 Å². The quantitative estimate of drug-likeness (QED) is 0.0320. The van der Waals surface area contributed by atoms with Crippen LogP contribution in [0.3, 0.4) is 0 Å². The molecule has 0 saturated carbocycles. The summed E-state index contributed by atoms with van der Waals surface area (Å²) in [4.78, 5) is 24.7. The van der Waals surface area contributed by atoms with Crippen LogP contribution in [-0.2, 0) is 14.3 Å². The molecule has 484 valence electrons. The number of carbonyl (C=O) groups excluding carboxylic acids is 2. The van der Waals surface area contributed by atoms with Crippen molar-refractivity contribution in [3.63, 3.8) is 0 Å². The molecule has 0 aliphatic carbocycles. The van der Waals surface area contributed by atoms with Crippen LogP contribution in [0.25, 0.3) is 0 Å². The first kappa shape index (κ1) is 80.1. The Hall–Kier alpha value is -1.92. The van der Waals surface area contributed by atoms with Crippen LogP contribution in [0.5, 0.6) is 0 Å². The lowest BCUT2D eigenvalue weighted by Crippen LogP contribution is -2.45. The maximum Gasteiger partial charge on any atom is 0.305 e. The Kier molecular flexibility index (Phi) is 69.9. The highest BCUT2D eigenvalue weighted by Gasteiger charge is 2.18. The summed E-state index contributed by atoms with van der Waals surface area (Å²) in [7, 11) is 0. The Labute approximate surface area is 513 Å². The number of hydrogen-bond acceptors (Lipinski definition) is 5. The zero-order valence-electron chi connectivity index (χ0n) is 55.5. The van der Waals surface area contributed by atoms with Gasteiger partial charge in [0.15, 0.2) is 0 Å². The van der Waals surface area contributed by atoms with Crippen LogP contribution in [-0.4, -0.2) is 47.4 Å². The molecule has 0 aliphatic rings. The standard InChI is InChI=1S/C76H145NO5/c1-3-5-7-9-11-13-15-17-19-21-23-24-25-26-27-29-33-36-40-44-48-52-56-60-64-68-74(79)73(72-78)77-75(80)69-65-61-57-53-49-45-41-37-34-30-28-31-35-39-43-47-51-55-59-63-67-71-82-76(81)70-66-62-58-54-50-46-42-38-32-22-20-18-16-14-12-10-8-6-4-2/h18,20,30,34,64,68,73-74,78-79H,3-17,19,21-29,31-33,35-63,65-67,69-72H2,1-2H3,(H,77,80)/b20-18-,34-30-,68-64+. The predicted octanol–water partition coefficient (Wildman–Crippen LogP) is 24.3. The number of esters is 1. The number of rotatable bonds is 70. The molecule has 0 fully saturated rings. The van der Waals surface area contributed by atoms with Crippen molar-refractivity contribution in [1.82, 2.24) is 5.32 Å². The van der Waals surface area contributed by atoms with Crippen LogP contribution in [0, 0.1) is 0 Å². The first-order valence-electron chi connectivity index (χ1n) is 37.3. The molecule has 0 bridgehead atoms. The van der Waals surface area contributed by atoms with Gasteiger partial charge in [0.1, 0.15) is 0 Å². The molecule has 82 heavy (non-hydrogen) atoms. The number of aliphatic hydroxyl groups excluding tert-OH is 2. The van der Waals surface area contributed by atoms with Gasteiger partial charge in [-0.2, -0.15) is 0 Å². The number of amides is 1. The molecule has 0 aromatic rings. The van der Waals surface area contributed by atoms with Gasteiger partial charge in [0, 0.05) is 12.8 Å². The van der Waals surface area contributed by atoms with E-state index in [1.165, 1.54) is 334 Å². The molecule has 6 heteroatoms. The molecular weight excluding hydrogens is 1010 g/mol. The fourth-order valence-corrected chi connectivity index (χ4v) is 11.7. The molecule has 2 unspecified atom stereocenters. The van der Waals surface area contributed by atoms with Gasteiger partial charge in [-0.05, 0) is 83.5 Å². The fraction of sp³-hybridized carbons (Fsp3) is 0.895. The first-order chi connectivity index (χ1) is 40.5. The van der Waals surface area contributed by atoms with Gasteiger partial charge in [-0.1, -0.05) is 352 Å². The molecule has 0 radical (unpaired) electrons. The van der Waals surface area contributed by atoms with Gasteiger partial charge in [0.05, 0.1) is 25.4 Å². The minimum Gasteiger partial charge on any atom is -0.466 e. The van der Waals surface area contributed by atoms with Crippen molar-refractivity contribution >= 4 is 11.9 Å². The van der Waals surface area contributed by atoms with Crippen molar-refractivity contribution in [2.75, 3.05) is 13.2 Å². The second kappa shape index (κ2) is 71.6. The highest BCUT2D eigenvalue weighted by molar-refractivity contribution is 5.76. The first-order valence-corrected chi connectivity index (χ1v) is 37.3. The van der Waals surface area contributed by atoms with E-state index in [1.54, 1.807) is 6.08 Å². The predicted molar refractivity (Wildman–Crippen MR) is 361 cm³/mol. The summed E-state index contributed by atoms with van der Waals surface area (Å²) in [6.07, 6.45) is 92.3. The van der Waals surface area contributed by atoms with Gasteiger partial charge in [0.25, 0.3) is 0 Å². The van der Waals surface area contributed by atoms with E-state index in [4.69, 9.17) is 4.74 Å². The van der Waals surface area contributed by atoms with E-state index in [0.717, 1.165) is 51.4 Å². The molecule has 0 saturated heterocycles. The van der Waals surface area contributed by atoms with Crippen molar-refractivity contribution < 1.29 is 24.5 Å². The van der Waals surface area contributed by atoms with E-state index in [1.807, 2.05) is 6.08 Å². The maximum atomic E-state index is 12.5. The van der Waals surface area contributed by atoms with E-state index in [9.17, 15) is 19.8 Å². The van der Waals surface area contributed by atoms with Gasteiger partial charge < -0.3 is 20.3 Å². The molecule has 0 aliphatic heterocycles. The number of hydrogen-bond donors (Lipinski definition) is 3. The highest BCUT2D eigenvalue weighted by Crippen LogP contribution is 2.19. The summed E-state index contributed by atoms with van der Waals surface area (Å²) in [6, 6.07) is -0.636. The third-order valence-corrected chi connectivity index (χ3v) is 17.4. The normalized spacial score (nSPS) is 12.7. The lowest BCUT2D eigenvalue weighted by molar-refractivity contribution is -0.143. The molecule has 0 aromatic heterocycles. The van der Waals surface area contributed by atoms with Gasteiger partial charge in [-0.15, -0.1) is 0 Å². The minimum absolute atomic E-state index is 0.00805. The summed E-state index contributed by atoms with van der Waals surface area (Å²) in [6.45, 7) is 4.93. The van der Waals surface area contributed by atoms with Crippen molar-refractivity contribution in [1.29, 1.82) is 0 Å². The second-order valence-corrected chi connectivity index (χ2v) is 25.6. The molecule has 0 aromatic carbocycles. The molecule has 0 rings (SSSR count). The smallest absolute Gasteiger partial charge is 0.305 e. The lowest BCUT2D eigenvalue weighted by atomic mass is 10.0. The topological polar surface area (TPSA) is 95.9 Å². The number of ether oxygens (including phenoxy) is 1. The van der Waals surface area contributed by atoms with Crippen LogP contribution in [0.4, 0.5) is 0 Å². The summed E-state index contributed by atoms with van der Waals surface area (Å²) >= 11 is 0. The van der Waals surface area contributed by atoms with E-state index >= 15 is 0 Å². The third kappa shape index (κ3) is 67.2. The number of nitrogens with one attached hydrogen (secondary N) is 1. The van der Waals surface area contributed by atoms with Crippen molar-refractivity contribution in [2.24, 2.45) is 0 Å². The van der Waals surface area contributed by atoms with E-state index in [2.05, 4.69) is 43.5 Å². The van der Waals surface area contributed by atoms with Crippen LogP contribution >= 0.6 is 0 Å². The summed E-state index contributed by atoms with van der Waals surface area (Å²) in [5.41, 5.74) is 0. The lowest BCUT2D eigenvalue weighted by Gasteiger charge is -2.20. The molecule has 0 heterocycles. The number of carbonyl (C=O) groups is 2. The molecule has 3 N–H and O–H groups in total. The van der Waals surface area contributed by atoms with Gasteiger partial charge in [-0.25, -0.2) is 0 Å². The Morgan fingerprint density at radius 3 is 0.866 bits per heavy atom. The molecule has 6 nitrogen and oxygen atoms in total. The SMILES string of the molecule is CCCCCCCC/C=C\CCCCCCCCCCCC(=O)OCCCCCCCCCCCC/C=C\CCCCCCCCCC(=O)NC(CO)C(O)/C=C/CCCCCCCCCCCCCCCCCCCCCCCCC. The van der Waals surface area contributed by atoms with Crippen LogP contribution in [0.1, 0.15) is 412 Å². The van der Waals surface area contributed by atoms with E-state index in [-0.39, 0.29) is 18.5 Å². The molecule has 1 amide bonds. The number of allylic oxidation sites excluding steroid dienone is 5. The zero-order chi connectivity index (χ0) is 59.2. The minimum atomic E-state index is -0.852. The van der Waals surface area contributed by atoms with Gasteiger partial charge >= 0.3 is 5.97 Å². The summed E-state index contributed by atoms with van der Waals surface area (Å²) in [5.74, 6) is -0.0634. The van der Waals surface area contributed by atoms with E-state index < -0.39 is 12.1 Å². The average Bonchev–Trinajstić information content (AvgIpc) is 3.48. The fourth-order valence-electron chi connectivity index (χ4n) is 11.7. The highest BCUT2D eigenvalue weighted by atomic mass is 16.5. The van der Waals surface area contributed by atoms with Crippen molar-refractivity contribution in [2.45, 2.75) is 424 Å². The molecule has 0 spiro atoms. The Morgan fingerprint density at radius 1 is 0.329 bits per heavy atom. The van der Waals surface area contributed by atoms with Crippen molar-refractivity contribution in [3.05, 3.63) is 36.5 Å². The van der Waals surface area contributed by atoms with Gasteiger partial charge in [0.2, 0.25) is 5.91 Å². The summed E-state index contributed by atoms with van der Waals surface area (Å²) < 4.78 is 5.51. The Balaban J connectivity index is 3.43. The maximum absolute atomic E-state index is 12.5. The summed E-state index contributed by atoms with van der Waals surface area (Å²) in [5, 5.41) is 23.3. The monoisotopic (exact) mass is 1150 g/mol. The van der Waals surface area contributed by atoms with E-state index in [0.29, 0.717) is 19.4 Å². The Morgan fingerprint density at radius 2 is 0.573 bits per heavy atom. The Bertz CT molecular complexity index is 1330. The molecular formula is C76H145NO5. The van der Waals surface area contributed by atoms with Crippen LogP contribution < -0.4 is 5.32 Å². The zero-order valence-corrected chi connectivity index (χ0v) is 55.5. The number of unbranched alkanes of at least 4 members (excludes halogenated alkanes) is 55. The van der Waals surface area contributed by atoms with Gasteiger partial charge in [-0.3, -0.25) is 9.59 Å². The third-order valence-electron chi connectivity index (χ3n) is 17.4. The second-order valence-electron chi connectivity index (χ2n) is 25.6. The van der Waals surface area contributed by atoms with Crippen LogP contribution in [0.15, 0.2) is 36.5 Å². The number of aliphatic hydroxyl groups is 2. The molecule has 2 atom stereocenters. The van der Waals surface area contributed by atoms with Crippen LogP contribution in [0.2, 0.25) is 0 Å².